The number of amides is 4. The first-order valence-corrected chi connectivity index (χ1v) is 7.05. The highest BCUT2D eigenvalue weighted by Crippen LogP contribution is 2.35. The van der Waals surface area contributed by atoms with Crippen LogP contribution in [0.15, 0.2) is 0 Å². The molecular formula is C13H12N2O10-2. The molecule has 25 heavy (non-hydrogen) atoms. The van der Waals surface area contributed by atoms with Gasteiger partial charge >= 0.3 is 0 Å². The Labute approximate surface area is 139 Å². The van der Waals surface area contributed by atoms with E-state index in [0.29, 0.717) is 0 Å². The maximum absolute atomic E-state index is 12.1. The van der Waals surface area contributed by atoms with E-state index in [1.165, 1.54) is 0 Å². The van der Waals surface area contributed by atoms with Crippen LogP contribution in [0.1, 0.15) is 25.7 Å². The van der Waals surface area contributed by atoms with Crippen molar-refractivity contribution in [2.45, 2.75) is 43.6 Å². The van der Waals surface area contributed by atoms with E-state index in [-0.39, 0.29) is 9.80 Å². The Bertz CT molecular complexity index is 646. The first-order chi connectivity index (χ1) is 11.5. The molecule has 0 aromatic rings. The second-order valence-corrected chi connectivity index (χ2v) is 5.55. The highest BCUT2D eigenvalue weighted by molar-refractivity contribution is 6.13. The number of aliphatic hydroxyl groups excluding tert-OH is 2. The smallest absolute Gasteiger partial charge is 0.260 e. The van der Waals surface area contributed by atoms with Crippen LogP contribution in [0.4, 0.5) is 0 Å². The lowest BCUT2D eigenvalue weighted by molar-refractivity contribution is -0.326. The average Bonchev–Trinajstić information content (AvgIpc) is 2.90. The van der Waals surface area contributed by atoms with Crippen LogP contribution in [-0.2, 0) is 28.8 Å². The zero-order chi connectivity index (χ0) is 19.1. The van der Waals surface area contributed by atoms with E-state index in [9.17, 15) is 49.2 Å². The third kappa shape index (κ3) is 2.74. The minimum absolute atomic E-state index is 0.0657. The summed E-state index contributed by atoms with van der Waals surface area (Å²) in [6, 6.07) is 0. The lowest BCUT2D eigenvalue weighted by atomic mass is 9.99. The first kappa shape index (κ1) is 18.5. The maximum atomic E-state index is 12.1. The zero-order valence-corrected chi connectivity index (χ0v) is 12.5. The molecule has 136 valence electrons. The van der Waals surface area contributed by atoms with Crippen LogP contribution in [0.5, 0.6) is 0 Å². The molecule has 2 aliphatic rings. The molecule has 0 aromatic heterocycles. The Morgan fingerprint density at radius 3 is 1.60 bits per heavy atom. The Kier molecular flexibility index (Phi) is 4.59. The minimum atomic E-state index is -3.13. The van der Waals surface area contributed by atoms with Crippen LogP contribution in [0, 0.1) is 0 Å². The molecule has 2 fully saturated rings. The highest BCUT2D eigenvalue weighted by Gasteiger charge is 2.60. The number of carboxylic acids is 2. The van der Waals surface area contributed by atoms with Gasteiger partial charge in [0.15, 0.2) is 5.66 Å². The quantitative estimate of drug-likeness (QED) is 0.432. The van der Waals surface area contributed by atoms with Crippen molar-refractivity contribution in [3.05, 3.63) is 0 Å². The molecule has 0 bridgehead atoms. The third-order valence-corrected chi connectivity index (χ3v) is 3.99. The third-order valence-electron chi connectivity index (χ3n) is 3.99. The largest absolute Gasteiger partial charge is 0.550 e. The van der Waals surface area contributed by atoms with Gasteiger partial charge in [0.1, 0.15) is 12.2 Å². The van der Waals surface area contributed by atoms with Crippen LogP contribution in [0.25, 0.3) is 0 Å². The molecule has 0 saturated carbocycles. The van der Waals surface area contributed by atoms with Crippen molar-refractivity contribution in [3.8, 4) is 0 Å². The SMILES string of the molecule is O=C([O-])CCC(C(=O)[O-])(N1C(=O)CC(O)C1=O)N1C(=O)CC(O)C1=O. The van der Waals surface area contributed by atoms with E-state index >= 15 is 0 Å². The van der Waals surface area contributed by atoms with Gasteiger partial charge in [-0.05, 0) is 6.42 Å². The molecule has 2 rings (SSSR count). The molecule has 2 saturated heterocycles. The molecule has 0 spiro atoms. The zero-order valence-electron chi connectivity index (χ0n) is 12.5. The van der Waals surface area contributed by atoms with Crippen molar-refractivity contribution in [1.82, 2.24) is 9.80 Å². The van der Waals surface area contributed by atoms with Gasteiger partial charge in [0.2, 0.25) is 11.8 Å². The maximum Gasteiger partial charge on any atom is 0.260 e. The molecule has 0 radical (unpaired) electrons. The number of nitrogens with zero attached hydrogens (tertiary/aromatic N) is 2. The van der Waals surface area contributed by atoms with Gasteiger partial charge in [-0.2, -0.15) is 0 Å². The molecule has 2 heterocycles. The Morgan fingerprint density at radius 1 is 0.960 bits per heavy atom. The van der Waals surface area contributed by atoms with E-state index in [2.05, 4.69) is 0 Å². The van der Waals surface area contributed by atoms with Gasteiger partial charge < -0.3 is 30.0 Å². The lowest BCUT2D eigenvalue weighted by Gasteiger charge is -2.46. The number of carbonyl (C=O) groups excluding carboxylic acids is 6. The van der Waals surface area contributed by atoms with E-state index in [1.54, 1.807) is 0 Å². The van der Waals surface area contributed by atoms with Crippen molar-refractivity contribution in [3.63, 3.8) is 0 Å². The second-order valence-electron chi connectivity index (χ2n) is 5.55. The Hall–Kier alpha value is -2.86. The second kappa shape index (κ2) is 6.22. The molecule has 2 N–H and O–H groups in total. The molecule has 0 aromatic carbocycles. The van der Waals surface area contributed by atoms with Crippen molar-refractivity contribution in [1.29, 1.82) is 0 Å². The van der Waals surface area contributed by atoms with Gasteiger partial charge in [-0.25, -0.2) is 9.80 Å². The van der Waals surface area contributed by atoms with Gasteiger partial charge in [-0.15, -0.1) is 0 Å². The molecule has 2 unspecified atom stereocenters. The van der Waals surface area contributed by atoms with Crippen LogP contribution in [0.2, 0.25) is 0 Å². The highest BCUT2D eigenvalue weighted by atomic mass is 16.4. The van der Waals surface area contributed by atoms with E-state index in [0.717, 1.165) is 0 Å². The van der Waals surface area contributed by atoms with E-state index < -0.39 is 79.1 Å². The number of aliphatic carboxylic acids is 2. The summed E-state index contributed by atoms with van der Waals surface area (Å²) in [5.41, 5.74) is -3.13. The minimum Gasteiger partial charge on any atom is -0.550 e. The van der Waals surface area contributed by atoms with Crippen LogP contribution < -0.4 is 10.2 Å². The van der Waals surface area contributed by atoms with E-state index in [1.807, 2.05) is 0 Å². The summed E-state index contributed by atoms with van der Waals surface area (Å²) in [5, 5.41) is 41.6. The number of likely N-dealkylation sites (tertiary alicyclic amines) is 2. The summed E-state index contributed by atoms with van der Waals surface area (Å²) in [6.45, 7) is 0. The Balaban J connectivity index is 2.65. The molecule has 12 nitrogen and oxygen atoms in total. The summed E-state index contributed by atoms with van der Waals surface area (Å²) in [6.07, 6.45) is -7.67. The van der Waals surface area contributed by atoms with Crippen molar-refractivity contribution >= 4 is 35.6 Å². The van der Waals surface area contributed by atoms with Crippen molar-refractivity contribution in [2.24, 2.45) is 0 Å². The number of hydrogen-bond acceptors (Lipinski definition) is 10. The molecule has 0 aliphatic carbocycles. The summed E-state index contributed by atoms with van der Waals surface area (Å²) in [4.78, 5) is 70.6. The molecule has 2 atom stereocenters. The van der Waals surface area contributed by atoms with Gasteiger partial charge in [0, 0.05) is 12.4 Å². The standard InChI is InChI=1S/C13H14N2O10/c16-5-3-7(18)14(10(5)22)13(12(24)25,2-1-9(20)21)15-8(19)4-6(17)11(15)23/h5-6,16-17H,1-4H2,(H,20,21)(H,24,25)/p-2. The topological polar surface area (TPSA) is 195 Å². The fourth-order valence-corrected chi connectivity index (χ4v) is 2.89. The van der Waals surface area contributed by atoms with Gasteiger partial charge in [-0.1, -0.05) is 0 Å². The Morgan fingerprint density at radius 2 is 1.36 bits per heavy atom. The molecule has 2 aliphatic heterocycles. The van der Waals surface area contributed by atoms with Crippen molar-refractivity contribution in [2.75, 3.05) is 0 Å². The number of carboxylic acid groups (broad SMARTS) is 2. The number of aliphatic hydroxyl groups is 2. The summed E-state index contributed by atoms with van der Waals surface area (Å²) >= 11 is 0. The molecule has 12 heteroatoms. The average molecular weight is 356 g/mol. The lowest BCUT2D eigenvalue weighted by Crippen LogP contribution is -2.72. The molecule has 4 amide bonds. The van der Waals surface area contributed by atoms with Crippen LogP contribution in [-0.4, -0.2) is 73.5 Å². The summed E-state index contributed by atoms with van der Waals surface area (Å²) in [5.74, 6) is -9.45. The first-order valence-electron chi connectivity index (χ1n) is 7.05. The fourth-order valence-electron chi connectivity index (χ4n) is 2.89. The van der Waals surface area contributed by atoms with Crippen LogP contribution in [0.3, 0.4) is 0 Å². The van der Waals surface area contributed by atoms with Crippen LogP contribution >= 0.6 is 0 Å². The van der Waals surface area contributed by atoms with Gasteiger partial charge in [0.25, 0.3) is 11.8 Å². The number of imide groups is 2. The molecular weight excluding hydrogens is 344 g/mol. The summed E-state index contributed by atoms with van der Waals surface area (Å²) in [7, 11) is 0. The number of carbonyl (C=O) groups is 6. The number of hydrogen-bond donors (Lipinski definition) is 2. The van der Waals surface area contributed by atoms with E-state index in [4.69, 9.17) is 0 Å². The predicted molar refractivity (Wildman–Crippen MR) is 66.9 cm³/mol. The van der Waals surface area contributed by atoms with Crippen molar-refractivity contribution < 1.29 is 49.2 Å². The summed E-state index contributed by atoms with van der Waals surface area (Å²) < 4.78 is 0. The normalized spacial score (nSPS) is 26.3. The van der Waals surface area contributed by atoms with Gasteiger partial charge in [-0.3, -0.25) is 19.2 Å². The number of rotatable bonds is 6. The predicted octanol–water partition coefficient (Wildman–Crippen LogP) is -5.80. The van der Waals surface area contributed by atoms with Gasteiger partial charge in [0.05, 0.1) is 18.8 Å². The monoisotopic (exact) mass is 356 g/mol. The fraction of sp³-hybridized carbons (Fsp3) is 0.538.